The molecule has 0 aliphatic carbocycles. The van der Waals surface area contributed by atoms with Crippen LogP contribution in [0.25, 0.3) is 0 Å². The first kappa shape index (κ1) is 16.6. The molecule has 0 saturated heterocycles. The number of para-hydroxylation sites is 1. The number of rotatable bonds is 3. The molecule has 120 valence electrons. The van der Waals surface area contributed by atoms with Crippen molar-refractivity contribution in [3.05, 3.63) is 53.3 Å². The van der Waals surface area contributed by atoms with E-state index in [4.69, 9.17) is 4.74 Å². The summed E-state index contributed by atoms with van der Waals surface area (Å²) in [5, 5.41) is 0. The van der Waals surface area contributed by atoms with E-state index < -0.39 is 46.4 Å². The maximum atomic E-state index is 13.7. The van der Waals surface area contributed by atoms with Gasteiger partial charge in [-0.1, -0.05) is 6.07 Å². The van der Waals surface area contributed by atoms with Crippen molar-refractivity contribution in [3.8, 4) is 11.5 Å². The fourth-order valence-corrected chi connectivity index (χ4v) is 1.66. The Morgan fingerprint density at radius 2 is 1.61 bits per heavy atom. The Hall–Kier alpha value is -2.80. The Bertz CT molecular complexity index is 773. The van der Waals surface area contributed by atoms with Crippen LogP contribution in [0.1, 0.15) is 5.56 Å². The summed E-state index contributed by atoms with van der Waals surface area (Å²) in [5.41, 5.74) is -2.24. The largest absolute Gasteiger partial charge is 0.449 e. The molecule has 0 aromatic heterocycles. The van der Waals surface area contributed by atoms with Crippen molar-refractivity contribution in [2.24, 2.45) is 4.99 Å². The number of nitrogens with zero attached hydrogens (tertiary/aromatic N) is 1. The van der Waals surface area contributed by atoms with Gasteiger partial charge in [0.25, 0.3) is 0 Å². The number of halogens is 6. The van der Waals surface area contributed by atoms with E-state index in [0.29, 0.717) is 0 Å². The quantitative estimate of drug-likeness (QED) is 0.456. The molecule has 0 heterocycles. The number of aliphatic imine (C=N–C) groups is 1. The molecular weight excluding hydrogens is 328 g/mol. The molecule has 0 aliphatic heterocycles. The van der Waals surface area contributed by atoms with Crippen molar-refractivity contribution in [2.75, 3.05) is 0 Å². The Morgan fingerprint density at radius 3 is 2.13 bits per heavy atom. The molecule has 0 saturated carbocycles. The van der Waals surface area contributed by atoms with E-state index in [1.807, 2.05) is 0 Å². The highest BCUT2D eigenvalue weighted by Crippen LogP contribution is 2.38. The molecule has 0 N–H and O–H groups in total. The van der Waals surface area contributed by atoms with Crippen LogP contribution < -0.4 is 4.74 Å². The van der Waals surface area contributed by atoms with Crippen LogP contribution in [0.4, 0.5) is 32.0 Å². The van der Waals surface area contributed by atoms with Gasteiger partial charge in [0.05, 0.1) is 5.56 Å². The van der Waals surface area contributed by atoms with E-state index in [0.717, 1.165) is 24.3 Å². The second kappa shape index (κ2) is 6.13. The topological polar surface area (TPSA) is 38.7 Å². The first-order valence-electron chi connectivity index (χ1n) is 5.84. The van der Waals surface area contributed by atoms with Crippen LogP contribution in [-0.4, -0.2) is 6.08 Å². The zero-order chi connectivity index (χ0) is 17.2. The van der Waals surface area contributed by atoms with E-state index in [1.165, 1.54) is 0 Å². The zero-order valence-electron chi connectivity index (χ0n) is 10.9. The Balaban J connectivity index is 2.50. The third-order valence-corrected chi connectivity index (χ3v) is 2.64. The smallest absolute Gasteiger partial charge is 0.416 e. The number of carbonyl (C=O) groups excluding carboxylic acids is 1. The maximum Gasteiger partial charge on any atom is 0.416 e. The Labute approximate surface area is 124 Å². The SMILES string of the molecule is O=C=Nc1c(F)cccc1Oc1c(F)cc(C(F)(F)F)cc1F. The van der Waals surface area contributed by atoms with Crippen LogP contribution in [0.2, 0.25) is 0 Å². The van der Waals surface area contributed by atoms with Crippen molar-refractivity contribution in [1.82, 2.24) is 0 Å². The normalized spacial score (nSPS) is 11.0. The highest BCUT2D eigenvalue weighted by molar-refractivity contribution is 5.59. The van der Waals surface area contributed by atoms with Gasteiger partial charge in [-0.3, -0.25) is 0 Å². The minimum atomic E-state index is -4.95. The fraction of sp³-hybridized carbons (Fsp3) is 0.0714. The molecule has 0 bridgehead atoms. The zero-order valence-corrected chi connectivity index (χ0v) is 10.9. The van der Waals surface area contributed by atoms with E-state index in [2.05, 4.69) is 4.99 Å². The van der Waals surface area contributed by atoms with Gasteiger partial charge in [-0.05, 0) is 24.3 Å². The summed E-state index contributed by atoms with van der Waals surface area (Å²) in [6.45, 7) is 0. The lowest BCUT2D eigenvalue weighted by Gasteiger charge is -2.12. The first-order valence-corrected chi connectivity index (χ1v) is 5.84. The lowest BCUT2D eigenvalue weighted by molar-refractivity contribution is -0.138. The van der Waals surface area contributed by atoms with E-state index in [1.54, 1.807) is 0 Å². The first-order chi connectivity index (χ1) is 10.7. The van der Waals surface area contributed by atoms with Crippen molar-refractivity contribution in [2.45, 2.75) is 6.18 Å². The molecule has 23 heavy (non-hydrogen) atoms. The molecular formula is C14H5F6NO2. The number of hydrogen-bond acceptors (Lipinski definition) is 3. The van der Waals surface area contributed by atoms with Crippen molar-refractivity contribution < 1.29 is 35.9 Å². The summed E-state index contributed by atoms with van der Waals surface area (Å²) in [6, 6.07) is 3.06. The van der Waals surface area contributed by atoms with Gasteiger partial charge in [0, 0.05) is 0 Å². The van der Waals surface area contributed by atoms with Gasteiger partial charge >= 0.3 is 6.18 Å². The third kappa shape index (κ3) is 3.51. The lowest BCUT2D eigenvalue weighted by atomic mass is 10.2. The predicted octanol–water partition coefficient (Wildman–Crippen LogP) is 4.88. The average molecular weight is 333 g/mol. The maximum absolute atomic E-state index is 13.7. The van der Waals surface area contributed by atoms with Gasteiger partial charge < -0.3 is 4.74 Å². The second-order valence-corrected chi connectivity index (χ2v) is 4.16. The number of alkyl halides is 3. The van der Waals surface area contributed by atoms with Gasteiger partial charge in [-0.15, -0.1) is 0 Å². The van der Waals surface area contributed by atoms with Crippen LogP contribution in [-0.2, 0) is 11.0 Å². The van der Waals surface area contributed by atoms with Gasteiger partial charge in [0.2, 0.25) is 6.08 Å². The van der Waals surface area contributed by atoms with Gasteiger partial charge in [-0.25, -0.2) is 18.0 Å². The fourth-order valence-electron chi connectivity index (χ4n) is 1.66. The van der Waals surface area contributed by atoms with E-state index in [-0.39, 0.29) is 12.1 Å². The lowest BCUT2D eigenvalue weighted by Crippen LogP contribution is -2.07. The summed E-state index contributed by atoms with van der Waals surface area (Å²) < 4.78 is 82.9. The highest BCUT2D eigenvalue weighted by atomic mass is 19.4. The number of ether oxygens (including phenoxy) is 1. The van der Waals surface area contributed by atoms with Gasteiger partial charge in [0.1, 0.15) is 0 Å². The predicted molar refractivity (Wildman–Crippen MR) is 65.6 cm³/mol. The summed E-state index contributed by atoms with van der Waals surface area (Å²) in [4.78, 5) is 13.2. The van der Waals surface area contributed by atoms with Crippen LogP contribution in [0.5, 0.6) is 11.5 Å². The minimum Gasteiger partial charge on any atom is -0.449 e. The monoisotopic (exact) mass is 333 g/mol. The van der Waals surface area contributed by atoms with Gasteiger partial charge in [-0.2, -0.15) is 18.2 Å². The summed E-state index contributed by atoms with van der Waals surface area (Å²) in [5.74, 6) is -6.10. The second-order valence-electron chi connectivity index (χ2n) is 4.16. The molecule has 0 atom stereocenters. The molecule has 2 aromatic carbocycles. The third-order valence-electron chi connectivity index (χ3n) is 2.64. The molecule has 0 fully saturated rings. The molecule has 9 heteroatoms. The van der Waals surface area contributed by atoms with Crippen molar-refractivity contribution in [1.29, 1.82) is 0 Å². The van der Waals surface area contributed by atoms with Crippen LogP contribution in [0.3, 0.4) is 0 Å². The Kier molecular flexibility index (Phi) is 4.42. The van der Waals surface area contributed by atoms with Crippen LogP contribution in [0, 0.1) is 17.5 Å². The molecule has 0 aliphatic rings. The molecule has 0 radical (unpaired) electrons. The van der Waals surface area contributed by atoms with Crippen LogP contribution >= 0.6 is 0 Å². The molecule has 0 amide bonds. The number of isocyanates is 1. The molecule has 0 spiro atoms. The molecule has 2 rings (SSSR count). The summed E-state index contributed by atoms with van der Waals surface area (Å²) >= 11 is 0. The summed E-state index contributed by atoms with van der Waals surface area (Å²) in [7, 11) is 0. The molecule has 0 unspecified atom stereocenters. The van der Waals surface area contributed by atoms with E-state index in [9.17, 15) is 31.1 Å². The van der Waals surface area contributed by atoms with Gasteiger partial charge in [0.15, 0.2) is 34.6 Å². The molecule has 2 aromatic rings. The van der Waals surface area contributed by atoms with E-state index >= 15 is 0 Å². The highest BCUT2D eigenvalue weighted by Gasteiger charge is 2.33. The average Bonchev–Trinajstić information content (AvgIpc) is 2.45. The minimum absolute atomic E-state index is 0.0281. The standard InChI is InChI=1S/C14H5F6NO2/c15-8-2-1-3-11(12(8)21-6-22)23-13-9(16)4-7(5-10(13)17)14(18,19)20/h1-5H. The van der Waals surface area contributed by atoms with Crippen LogP contribution in [0.15, 0.2) is 35.3 Å². The number of benzene rings is 2. The number of hydrogen-bond donors (Lipinski definition) is 0. The van der Waals surface area contributed by atoms with Crippen molar-refractivity contribution >= 4 is 11.8 Å². The molecule has 3 nitrogen and oxygen atoms in total. The Morgan fingerprint density at radius 1 is 1.00 bits per heavy atom. The summed E-state index contributed by atoms with van der Waals surface area (Å²) in [6.07, 6.45) is -3.92. The van der Waals surface area contributed by atoms with Crippen molar-refractivity contribution in [3.63, 3.8) is 0 Å².